The van der Waals surface area contributed by atoms with E-state index < -0.39 is 15.3 Å². The first-order valence-corrected chi connectivity index (χ1v) is 12.0. The molecule has 2 fully saturated rings. The topological polar surface area (TPSA) is 95.6 Å². The number of piperidine rings is 1. The fourth-order valence-corrected chi connectivity index (χ4v) is 4.83. The fraction of sp³-hybridized carbons (Fsp3) is 0.619. The molecule has 1 aliphatic carbocycles. The number of nitrogens with one attached hydrogen (secondary N) is 2. The van der Waals surface area contributed by atoms with E-state index in [1.807, 2.05) is 24.3 Å². The van der Waals surface area contributed by atoms with Gasteiger partial charge in [-0.1, -0.05) is 0 Å². The van der Waals surface area contributed by atoms with Gasteiger partial charge >= 0.3 is 0 Å². The molecule has 2 aliphatic rings. The molecule has 0 spiro atoms. The highest BCUT2D eigenvalue weighted by Crippen LogP contribution is 2.27. The lowest BCUT2D eigenvalue weighted by Crippen LogP contribution is -2.42. The van der Waals surface area contributed by atoms with Gasteiger partial charge in [0.05, 0.1) is 5.25 Å². The van der Waals surface area contributed by atoms with Gasteiger partial charge in [-0.3, -0.25) is 9.59 Å². The summed E-state index contributed by atoms with van der Waals surface area (Å²) in [5, 5.41) is 2.53. The number of amides is 1. The van der Waals surface area contributed by atoms with Crippen molar-refractivity contribution in [2.24, 2.45) is 5.92 Å². The van der Waals surface area contributed by atoms with E-state index in [4.69, 9.17) is 0 Å². The normalized spacial score (nSPS) is 23.3. The number of nitrogens with zero attached hydrogens (tertiary/aromatic N) is 1. The summed E-state index contributed by atoms with van der Waals surface area (Å²) in [6.45, 7) is 4.82. The molecule has 0 bridgehead atoms. The average Bonchev–Trinajstić information content (AvgIpc) is 2.69. The minimum absolute atomic E-state index is 0.00788. The number of rotatable bonds is 6. The Hall–Kier alpha value is -1.93. The molecule has 1 heterocycles. The third-order valence-electron chi connectivity index (χ3n) is 5.87. The Labute approximate surface area is 173 Å². The molecule has 0 unspecified atom stereocenters. The highest BCUT2D eigenvalue weighted by Gasteiger charge is 2.29. The van der Waals surface area contributed by atoms with Crippen LogP contribution in [0.3, 0.4) is 0 Å². The molecule has 1 amide bonds. The van der Waals surface area contributed by atoms with Gasteiger partial charge in [0.2, 0.25) is 15.9 Å². The van der Waals surface area contributed by atoms with Gasteiger partial charge in [0, 0.05) is 49.3 Å². The summed E-state index contributed by atoms with van der Waals surface area (Å²) in [6, 6.07) is 7.66. The Balaban J connectivity index is 1.48. The molecule has 7 nitrogen and oxygen atoms in total. The van der Waals surface area contributed by atoms with Crippen LogP contribution in [0.25, 0.3) is 0 Å². The smallest absolute Gasteiger partial charge is 0.227 e. The first-order chi connectivity index (χ1) is 13.7. The monoisotopic (exact) mass is 421 g/mol. The number of Topliss-reactive ketones (excluding diaryl/α,β-unsaturated/α-hetero) is 1. The number of hydrogen-bond donors (Lipinski definition) is 2. The predicted octanol–water partition coefficient (Wildman–Crippen LogP) is 2.68. The van der Waals surface area contributed by atoms with E-state index in [2.05, 4.69) is 14.9 Å². The summed E-state index contributed by atoms with van der Waals surface area (Å²) in [5.41, 5.74) is 1.82. The van der Waals surface area contributed by atoms with Crippen LogP contribution in [-0.4, -0.2) is 44.5 Å². The Bertz CT molecular complexity index is 818. The van der Waals surface area contributed by atoms with E-state index in [0.29, 0.717) is 44.3 Å². The summed E-state index contributed by atoms with van der Waals surface area (Å²) in [4.78, 5) is 26.2. The summed E-state index contributed by atoms with van der Waals surface area (Å²) in [7, 11) is -3.27. The maximum Gasteiger partial charge on any atom is 0.227 e. The van der Waals surface area contributed by atoms with Crippen molar-refractivity contribution in [3.8, 4) is 0 Å². The van der Waals surface area contributed by atoms with Crippen LogP contribution in [0.4, 0.5) is 11.4 Å². The van der Waals surface area contributed by atoms with Crippen LogP contribution in [0.2, 0.25) is 0 Å². The van der Waals surface area contributed by atoms with Gasteiger partial charge in [-0.15, -0.1) is 0 Å². The van der Waals surface area contributed by atoms with Crippen molar-refractivity contribution in [1.29, 1.82) is 0 Å². The largest absolute Gasteiger partial charge is 0.371 e. The SMILES string of the molecule is CC(C)S(=O)(=O)N[C@H]1CC[C@H](C(=O)Nc2ccc(N3CCC(=O)CC3)cc2)CC1. The molecule has 160 valence electrons. The van der Waals surface area contributed by atoms with Crippen LogP contribution in [0.1, 0.15) is 52.4 Å². The second-order valence-corrected chi connectivity index (χ2v) is 10.6. The fourth-order valence-electron chi connectivity index (χ4n) is 3.86. The van der Waals surface area contributed by atoms with Crippen molar-refractivity contribution in [2.75, 3.05) is 23.3 Å². The Morgan fingerprint density at radius 1 is 1.03 bits per heavy atom. The van der Waals surface area contributed by atoms with Crippen molar-refractivity contribution in [3.63, 3.8) is 0 Å². The lowest BCUT2D eigenvalue weighted by molar-refractivity contribution is -0.121. The number of sulfonamides is 1. The van der Waals surface area contributed by atoms with Gasteiger partial charge in [-0.05, 0) is 63.8 Å². The second kappa shape index (κ2) is 9.26. The minimum atomic E-state index is -3.27. The Kier molecular flexibility index (Phi) is 6.95. The summed E-state index contributed by atoms with van der Waals surface area (Å²) in [6.07, 6.45) is 3.89. The summed E-state index contributed by atoms with van der Waals surface area (Å²) in [5.74, 6) is 0.214. The van der Waals surface area contributed by atoms with Crippen molar-refractivity contribution in [3.05, 3.63) is 24.3 Å². The molecule has 1 aliphatic heterocycles. The molecule has 0 aromatic heterocycles. The number of benzene rings is 1. The Morgan fingerprint density at radius 2 is 1.62 bits per heavy atom. The third-order valence-corrected chi connectivity index (χ3v) is 7.77. The van der Waals surface area contributed by atoms with Crippen LogP contribution < -0.4 is 14.9 Å². The van der Waals surface area contributed by atoms with E-state index in [-0.39, 0.29) is 17.9 Å². The molecule has 1 saturated heterocycles. The van der Waals surface area contributed by atoms with Crippen LogP contribution in [0.15, 0.2) is 24.3 Å². The zero-order valence-corrected chi connectivity index (χ0v) is 18.0. The molecule has 0 atom stereocenters. The molecule has 3 rings (SSSR count). The van der Waals surface area contributed by atoms with Gasteiger partial charge in [-0.2, -0.15) is 0 Å². The molecular weight excluding hydrogens is 390 g/mol. The Morgan fingerprint density at radius 3 is 2.17 bits per heavy atom. The predicted molar refractivity (Wildman–Crippen MR) is 114 cm³/mol. The van der Waals surface area contributed by atoms with Gasteiger partial charge < -0.3 is 10.2 Å². The zero-order valence-electron chi connectivity index (χ0n) is 17.2. The van der Waals surface area contributed by atoms with Crippen molar-refractivity contribution >= 4 is 33.1 Å². The molecule has 8 heteroatoms. The highest BCUT2D eigenvalue weighted by atomic mass is 32.2. The lowest BCUT2D eigenvalue weighted by atomic mass is 9.86. The van der Waals surface area contributed by atoms with Crippen LogP contribution >= 0.6 is 0 Å². The number of ketones is 1. The molecule has 29 heavy (non-hydrogen) atoms. The average molecular weight is 422 g/mol. The highest BCUT2D eigenvalue weighted by molar-refractivity contribution is 7.90. The van der Waals surface area contributed by atoms with E-state index >= 15 is 0 Å². The molecule has 1 aromatic rings. The summed E-state index contributed by atoms with van der Waals surface area (Å²) < 4.78 is 26.8. The lowest BCUT2D eigenvalue weighted by Gasteiger charge is -2.29. The van der Waals surface area contributed by atoms with E-state index in [1.54, 1.807) is 13.8 Å². The standard InChI is InChI=1S/C21H31N3O4S/c1-15(2)29(27,28)23-18-5-3-16(4-6-18)21(26)22-17-7-9-19(10-8-17)24-13-11-20(25)12-14-24/h7-10,15-16,18,23H,3-6,11-14H2,1-2H3,(H,22,26)/t16-,18-. The molecule has 1 saturated carbocycles. The van der Waals surface area contributed by atoms with Crippen molar-refractivity contribution < 1.29 is 18.0 Å². The van der Waals surface area contributed by atoms with Crippen LogP contribution in [0, 0.1) is 5.92 Å². The second-order valence-electron chi connectivity index (χ2n) is 8.32. The first kappa shape index (κ1) is 21.8. The van der Waals surface area contributed by atoms with Crippen molar-refractivity contribution in [1.82, 2.24) is 4.72 Å². The number of anilines is 2. The molecule has 0 radical (unpaired) electrons. The third kappa shape index (κ3) is 5.79. The molecule has 1 aromatic carbocycles. The van der Waals surface area contributed by atoms with E-state index in [1.165, 1.54) is 0 Å². The molecule has 2 N–H and O–H groups in total. The van der Waals surface area contributed by atoms with Gasteiger partial charge in [0.25, 0.3) is 0 Å². The molecular formula is C21H31N3O4S. The number of hydrogen-bond acceptors (Lipinski definition) is 5. The maximum atomic E-state index is 12.6. The quantitative estimate of drug-likeness (QED) is 0.736. The first-order valence-electron chi connectivity index (χ1n) is 10.4. The van der Waals surface area contributed by atoms with Crippen molar-refractivity contribution in [2.45, 2.75) is 63.7 Å². The van der Waals surface area contributed by atoms with Gasteiger partial charge in [0.1, 0.15) is 5.78 Å². The van der Waals surface area contributed by atoms with E-state index in [9.17, 15) is 18.0 Å². The minimum Gasteiger partial charge on any atom is -0.371 e. The van der Waals surface area contributed by atoms with Crippen LogP contribution in [0.5, 0.6) is 0 Å². The van der Waals surface area contributed by atoms with Gasteiger partial charge in [0.15, 0.2) is 0 Å². The maximum absolute atomic E-state index is 12.6. The van der Waals surface area contributed by atoms with Gasteiger partial charge in [-0.25, -0.2) is 13.1 Å². The van der Waals surface area contributed by atoms with E-state index in [0.717, 1.165) is 24.5 Å². The number of carbonyl (C=O) groups is 2. The summed E-state index contributed by atoms with van der Waals surface area (Å²) >= 11 is 0. The number of carbonyl (C=O) groups excluding carboxylic acids is 2. The van der Waals surface area contributed by atoms with Crippen LogP contribution in [-0.2, 0) is 19.6 Å². The zero-order chi connectivity index (χ0) is 21.0.